The van der Waals surface area contributed by atoms with Crippen molar-refractivity contribution in [2.24, 2.45) is 87.8 Å². The number of cyclic esters (lactones) is 4. The largest absolute Gasteiger partial charge is 0.393 e. The van der Waals surface area contributed by atoms with Gasteiger partial charge in [-0.2, -0.15) is 0 Å². The van der Waals surface area contributed by atoms with E-state index in [0.717, 1.165) is 74.5 Å². The summed E-state index contributed by atoms with van der Waals surface area (Å²) in [5.74, 6) is 3.12. The fraction of sp³-hybridized carbons (Fsp3) is 0.911. The van der Waals surface area contributed by atoms with Crippen molar-refractivity contribution >= 4 is 23.9 Å². The molecule has 8 fully saturated rings. The van der Waals surface area contributed by atoms with E-state index in [0.29, 0.717) is 43.3 Å². The summed E-state index contributed by atoms with van der Waals surface area (Å²) in [6, 6.07) is 0. The van der Waals surface area contributed by atoms with Crippen molar-refractivity contribution in [2.75, 3.05) is 13.2 Å². The molecular formula is C45H68O8. The lowest BCUT2D eigenvalue weighted by Crippen LogP contribution is -2.59. The van der Waals surface area contributed by atoms with Crippen LogP contribution in [0, 0.1) is 87.8 Å². The number of hydrogen-bond acceptors (Lipinski definition) is 8. The van der Waals surface area contributed by atoms with Crippen LogP contribution in [0.4, 0.5) is 0 Å². The summed E-state index contributed by atoms with van der Waals surface area (Å²) in [5, 5.41) is 0. The van der Waals surface area contributed by atoms with Crippen molar-refractivity contribution in [3.05, 3.63) is 0 Å². The molecule has 0 aromatic heterocycles. The van der Waals surface area contributed by atoms with Crippen LogP contribution in [0.25, 0.3) is 0 Å². The normalized spacial score (nSPS) is 46.9. The lowest BCUT2D eigenvalue weighted by atomic mass is 9.43. The van der Waals surface area contributed by atoms with Gasteiger partial charge < -0.3 is 18.9 Å². The van der Waals surface area contributed by atoms with Crippen LogP contribution in [0.2, 0.25) is 0 Å². The highest BCUT2D eigenvalue weighted by Crippen LogP contribution is 2.69. The lowest BCUT2D eigenvalue weighted by molar-refractivity contribution is -0.195. The maximum atomic E-state index is 12.5. The SMILES string of the molecule is CC(C)CCCC(C)C1CCC2C3CC(OCC4CCC5C(=O)OC(=O)C5C4)C4CC(OCC5CCC6C(=O)OC(=O)C6C5)CCC4(C)C3CCC12C. The standard InChI is InChI=1S/C45H68O8/c1-25(2)7-6-8-26(3)35-13-14-36-34-22-39(51-24-28-10-12-31-33(20-28)43(49)53-41(31)47)38-21-29(15-17-45(38,5)37(34)16-18-44(35,36)4)50-23-27-9-11-30-32(19-27)42(48)52-40(30)46/h25-39H,6-24H2,1-5H3. The molecule has 0 aromatic rings. The average Bonchev–Trinajstić information content (AvgIpc) is 3.74. The molecule has 296 valence electrons. The first kappa shape index (κ1) is 38.1. The van der Waals surface area contributed by atoms with Gasteiger partial charge in [0, 0.05) is 13.2 Å². The molecule has 2 aliphatic heterocycles. The summed E-state index contributed by atoms with van der Waals surface area (Å²) >= 11 is 0. The zero-order valence-corrected chi connectivity index (χ0v) is 33.4. The number of ether oxygens (including phenoxy) is 4. The van der Waals surface area contributed by atoms with Crippen LogP contribution in [0.5, 0.6) is 0 Å². The predicted molar refractivity (Wildman–Crippen MR) is 199 cm³/mol. The molecule has 53 heavy (non-hydrogen) atoms. The third-order valence-electron chi connectivity index (χ3n) is 17.5. The van der Waals surface area contributed by atoms with Gasteiger partial charge in [0.2, 0.25) is 0 Å². The Balaban J connectivity index is 0.966. The van der Waals surface area contributed by atoms with Crippen LogP contribution in [0.15, 0.2) is 0 Å². The molecule has 6 saturated carbocycles. The second-order valence-electron chi connectivity index (χ2n) is 20.6. The van der Waals surface area contributed by atoms with Crippen LogP contribution in [0.1, 0.15) is 144 Å². The first-order chi connectivity index (χ1) is 25.4. The zero-order chi connectivity index (χ0) is 37.2. The van der Waals surface area contributed by atoms with E-state index in [4.69, 9.17) is 18.9 Å². The van der Waals surface area contributed by atoms with Gasteiger partial charge in [0.25, 0.3) is 0 Å². The highest BCUT2D eigenvalue weighted by molar-refractivity contribution is 5.97. The van der Waals surface area contributed by atoms with E-state index in [1.165, 1.54) is 51.4 Å². The molecular weight excluding hydrogens is 668 g/mol. The van der Waals surface area contributed by atoms with Crippen molar-refractivity contribution < 1.29 is 38.1 Å². The smallest absolute Gasteiger partial charge is 0.317 e. The van der Waals surface area contributed by atoms with Gasteiger partial charge in [0.05, 0.1) is 35.9 Å². The first-order valence-electron chi connectivity index (χ1n) is 22.1. The van der Waals surface area contributed by atoms with Crippen LogP contribution in [-0.2, 0) is 38.1 Å². The molecule has 6 aliphatic carbocycles. The van der Waals surface area contributed by atoms with E-state index in [9.17, 15) is 19.2 Å². The Hall–Kier alpha value is -1.80. The van der Waals surface area contributed by atoms with Gasteiger partial charge in [-0.25, -0.2) is 0 Å². The minimum Gasteiger partial charge on any atom is -0.393 e. The van der Waals surface area contributed by atoms with Crippen LogP contribution >= 0.6 is 0 Å². The fourth-order valence-corrected chi connectivity index (χ4v) is 14.5. The van der Waals surface area contributed by atoms with Crippen LogP contribution in [-0.4, -0.2) is 49.3 Å². The molecule has 16 atom stereocenters. The average molecular weight is 737 g/mol. The Morgan fingerprint density at radius 2 is 1.19 bits per heavy atom. The van der Waals surface area contributed by atoms with Crippen LogP contribution < -0.4 is 0 Å². The summed E-state index contributed by atoms with van der Waals surface area (Å²) < 4.78 is 24.0. The van der Waals surface area contributed by atoms with E-state index in [2.05, 4.69) is 34.6 Å². The monoisotopic (exact) mass is 736 g/mol. The van der Waals surface area contributed by atoms with Gasteiger partial charge in [-0.05, 0) is 154 Å². The van der Waals surface area contributed by atoms with E-state index in [-0.39, 0.29) is 77.0 Å². The van der Waals surface area contributed by atoms with Crippen molar-refractivity contribution in [3.8, 4) is 0 Å². The minimum atomic E-state index is -0.336. The molecule has 0 spiro atoms. The van der Waals surface area contributed by atoms with E-state index in [1.807, 2.05) is 0 Å². The lowest BCUT2D eigenvalue weighted by Gasteiger charge is -2.63. The maximum Gasteiger partial charge on any atom is 0.317 e. The summed E-state index contributed by atoms with van der Waals surface area (Å²) in [5.41, 5.74) is 0.622. The molecule has 8 aliphatic rings. The molecule has 8 rings (SSSR count). The maximum absolute atomic E-state index is 12.5. The topological polar surface area (TPSA) is 105 Å². The number of carbonyl (C=O) groups excluding carboxylic acids is 4. The second-order valence-corrected chi connectivity index (χ2v) is 20.6. The second kappa shape index (κ2) is 14.9. The highest BCUT2D eigenvalue weighted by Gasteiger charge is 2.63. The molecule has 0 amide bonds. The number of hydrogen-bond donors (Lipinski definition) is 0. The molecule has 8 nitrogen and oxygen atoms in total. The fourth-order valence-electron chi connectivity index (χ4n) is 14.5. The zero-order valence-electron chi connectivity index (χ0n) is 33.4. The van der Waals surface area contributed by atoms with Gasteiger partial charge >= 0.3 is 23.9 Å². The molecule has 16 unspecified atom stereocenters. The van der Waals surface area contributed by atoms with Crippen LogP contribution in [0.3, 0.4) is 0 Å². The predicted octanol–water partition coefficient (Wildman–Crippen LogP) is 8.72. The Labute approximate surface area is 318 Å². The minimum absolute atomic E-state index is 0.169. The molecule has 0 bridgehead atoms. The Kier molecular flexibility index (Phi) is 10.7. The molecule has 8 heteroatoms. The van der Waals surface area contributed by atoms with E-state index >= 15 is 0 Å². The summed E-state index contributed by atoms with van der Waals surface area (Å²) in [7, 11) is 0. The highest BCUT2D eigenvalue weighted by atomic mass is 16.6. The first-order valence-corrected chi connectivity index (χ1v) is 22.1. The molecule has 2 heterocycles. The van der Waals surface area contributed by atoms with Crippen molar-refractivity contribution in [1.82, 2.24) is 0 Å². The van der Waals surface area contributed by atoms with E-state index < -0.39 is 0 Å². The third kappa shape index (κ3) is 6.99. The summed E-state index contributed by atoms with van der Waals surface area (Å²) in [6.45, 7) is 13.9. The summed E-state index contributed by atoms with van der Waals surface area (Å²) in [6.07, 6.45) is 18.9. The quantitative estimate of drug-likeness (QED) is 0.153. The Morgan fingerprint density at radius 3 is 1.83 bits per heavy atom. The molecule has 0 radical (unpaired) electrons. The van der Waals surface area contributed by atoms with Crippen molar-refractivity contribution in [2.45, 2.75) is 156 Å². The van der Waals surface area contributed by atoms with Gasteiger partial charge in [-0.15, -0.1) is 0 Å². The number of fused-ring (bicyclic) bond motifs is 7. The molecule has 0 N–H and O–H groups in total. The molecule has 2 saturated heterocycles. The van der Waals surface area contributed by atoms with Crippen molar-refractivity contribution in [1.29, 1.82) is 0 Å². The number of esters is 4. The van der Waals surface area contributed by atoms with Gasteiger partial charge in [0.15, 0.2) is 0 Å². The number of rotatable bonds is 11. The van der Waals surface area contributed by atoms with Crippen molar-refractivity contribution in [3.63, 3.8) is 0 Å². The third-order valence-corrected chi connectivity index (χ3v) is 17.5. The summed E-state index contributed by atoms with van der Waals surface area (Å²) in [4.78, 5) is 49.2. The Morgan fingerprint density at radius 1 is 0.604 bits per heavy atom. The van der Waals surface area contributed by atoms with Gasteiger partial charge in [-0.1, -0.05) is 53.9 Å². The molecule has 0 aromatic carbocycles. The van der Waals surface area contributed by atoms with E-state index in [1.54, 1.807) is 0 Å². The van der Waals surface area contributed by atoms with Gasteiger partial charge in [0.1, 0.15) is 0 Å². The van der Waals surface area contributed by atoms with Gasteiger partial charge in [-0.3, -0.25) is 19.2 Å². The number of carbonyl (C=O) groups is 4. The Bertz CT molecular complexity index is 1410.